The maximum atomic E-state index is 10.9. The molecule has 1 atom stereocenters. The van der Waals surface area contributed by atoms with Crippen molar-refractivity contribution in [3.8, 4) is 0 Å². The highest BCUT2D eigenvalue weighted by atomic mass is 16.4. The normalized spacial score (nSPS) is 20.0. The molecule has 5 heteroatoms. The van der Waals surface area contributed by atoms with E-state index in [1.54, 1.807) is 0 Å². The van der Waals surface area contributed by atoms with Gasteiger partial charge in [0.05, 0.1) is 0 Å². The van der Waals surface area contributed by atoms with Crippen LogP contribution in [0.25, 0.3) is 0 Å². The van der Waals surface area contributed by atoms with Crippen LogP contribution in [0.15, 0.2) is 0 Å². The summed E-state index contributed by atoms with van der Waals surface area (Å²) >= 11 is 0. The molecule has 1 saturated carbocycles. The molecule has 0 aromatic carbocycles. The van der Waals surface area contributed by atoms with Gasteiger partial charge in [-0.1, -0.05) is 19.3 Å². The van der Waals surface area contributed by atoms with Gasteiger partial charge < -0.3 is 10.4 Å². The zero-order valence-corrected chi connectivity index (χ0v) is 8.45. The first kappa shape index (κ1) is 11.1. The van der Waals surface area contributed by atoms with Crippen LogP contribution < -0.4 is 5.32 Å². The number of carbonyl (C=O) groups excluding carboxylic acids is 1. The first-order chi connectivity index (χ1) is 6.61. The Hall–Kier alpha value is -0.995. The molecule has 78 valence electrons. The summed E-state index contributed by atoms with van der Waals surface area (Å²) in [7, 11) is 1.36. The van der Waals surface area contributed by atoms with Crippen molar-refractivity contribution in [1.82, 2.24) is 5.32 Å². The number of rotatable bonds is 3. The lowest BCUT2D eigenvalue weighted by molar-refractivity contribution is -0.140. The molecular formula is C9H16BNO3. The number of aliphatic carboxylic acids is 1. The van der Waals surface area contributed by atoms with E-state index >= 15 is 0 Å². The number of carboxylic acids is 1. The summed E-state index contributed by atoms with van der Waals surface area (Å²) in [5.74, 6) is -1.06. The van der Waals surface area contributed by atoms with Crippen LogP contribution in [0, 0.1) is 5.92 Å². The molecule has 14 heavy (non-hydrogen) atoms. The standard InChI is InChI=1S/C9H16BNO3/c10-9(14)11-7(8(12)13)6-4-2-1-3-5-6/h6-7H,1-5,10H2,(H,11,14)(H,12,13)/t7-/m0/s1. The molecule has 0 heterocycles. The van der Waals surface area contributed by atoms with Crippen molar-refractivity contribution < 1.29 is 14.7 Å². The number of carbonyl (C=O) groups is 2. The zero-order valence-electron chi connectivity index (χ0n) is 8.45. The van der Waals surface area contributed by atoms with Gasteiger partial charge in [-0.2, -0.15) is 0 Å². The monoisotopic (exact) mass is 197 g/mol. The van der Waals surface area contributed by atoms with Crippen molar-refractivity contribution in [3.63, 3.8) is 0 Å². The Morgan fingerprint density at radius 3 is 2.29 bits per heavy atom. The molecule has 1 aliphatic rings. The van der Waals surface area contributed by atoms with Crippen LogP contribution in [0.5, 0.6) is 0 Å². The van der Waals surface area contributed by atoms with Gasteiger partial charge in [-0.15, -0.1) is 0 Å². The summed E-state index contributed by atoms with van der Waals surface area (Å²) in [5, 5.41) is 11.5. The van der Waals surface area contributed by atoms with Gasteiger partial charge in [0.2, 0.25) is 7.85 Å². The second-order valence-electron chi connectivity index (χ2n) is 3.91. The third kappa shape index (κ3) is 3.05. The van der Waals surface area contributed by atoms with E-state index in [2.05, 4.69) is 5.32 Å². The Labute approximate surface area is 84.5 Å². The second kappa shape index (κ2) is 5.03. The molecule has 0 aromatic rings. The number of carboxylic acid groups (broad SMARTS) is 1. The Morgan fingerprint density at radius 1 is 1.29 bits per heavy atom. The average molecular weight is 197 g/mol. The van der Waals surface area contributed by atoms with E-state index in [0.29, 0.717) is 0 Å². The minimum atomic E-state index is -0.910. The number of hydrogen-bond donors (Lipinski definition) is 2. The van der Waals surface area contributed by atoms with E-state index in [1.165, 1.54) is 14.3 Å². The first-order valence-electron chi connectivity index (χ1n) is 5.11. The van der Waals surface area contributed by atoms with E-state index in [4.69, 9.17) is 5.11 Å². The van der Waals surface area contributed by atoms with Crippen molar-refractivity contribution >= 4 is 19.6 Å². The Bertz CT molecular complexity index is 226. The molecule has 1 amide bonds. The van der Waals surface area contributed by atoms with Crippen molar-refractivity contribution in [2.24, 2.45) is 5.92 Å². The quantitative estimate of drug-likeness (QED) is 0.642. The zero-order chi connectivity index (χ0) is 10.6. The summed E-state index contributed by atoms with van der Waals surface area (Å²) in [4.78, 5) is 21.7. The van der Waals surface area contributed by atoms with Crippen molar-refractivity contribution in [3.05, 3.63) is 0 Å². The Kier molecular flexibility index (Phi) is 3.98. The highest BCUT2D eigenvalue weighted by molar-refractivity contribution is 6.57. The summed E-state index contributed by atoms with van der Waals surface area (Å²) in [6.45, 7) is 0. The molecule has 4 nitrogen and oxygen atoms in total. The fraction of sp³-hybridized carbons (Fsp3) is 0.778. The minimum absolute atomic E-state index is 0.116. The van der Waals surface area contributed by atoms with E-state index in [1.807, 2.05) is 0 Å². The predicted octanol–water partition coefficient (Wildman–Crippen LogP) is 0.363. The SMILES string of the molecule is BC(=O)N[C@H](C(=O)O)C1CCCCC1. The van der Waals surface area contributed by atoms with Crippen LogP contribution in [0.4, 0.5) is 4.79 Å². The van der Waals surface area contributed by atoms with E-state index < -0.39 is 12.0 Å². The smallest absolute Gasteiger partial charge is 0.326 e. The summed E-state index contributed by atoms with van der Waals surface area (Å²) in [6.07, 6.45) is 5.17. The molecular weight excluding hydrogens is 181 g/mol. The van der Waals surface area contributed by atoms with Crippen molar-refractivity contribution in [2.75, 3.05) is 0 Å². The molecule has 1 rings (SSSR count). The molecule has 2 N–H and O–H groups in total. The second-order valence-corrected chi connectivity index (χ2v) is 3.91. The van der Waals surface area contributed by atoms with Crippen LogP contribution in [-0.2, 0) is 4.79 Å². The molecule has 0 spiro atoms. The molecule has 0 unspecified atom stereocenters. The number of nitrogens with one attached hydrogen (secondary N) is 1. The molecule has 0 saturated heterocycles. The number of amides is 1. The van der Waals surface area contributed by atoms with Crippen LogP contribution in [0.3, 0.4) is 0 Å². The molecule has 1 aliphatic carbocycles. The Morgan fingerprint density at radius 2 is 1.86 bits per heavy atom. The fourth-order valence-corrected chi connectivity index (χ4v) is 2.07. The van der Waals surface area contributed by atoms with Crippen LogP contribution in [0.2, 0.25) is 0 Å². The van der Waals surface area contributed by atoms with Gasteiger partial charge in [0.1, 0.15) is 6.04 Å². The van der Waals surface area contributed by atoms with E-state index in [-0.39, 0.29) is 11.7 Å². The maximum absolute atomic E-state index is 10.9. The predicted molar refractivity (Wildman–Crippen MR) is 55.1 cm³/mol. The van der Waals surface area contributed by atoms with Gasteiger partial charge >= 0.3 is 5.97 Å². The fourth-order valence-electron chi connectivity index (χ4n) is 2.07. The minimum Gasteiger partial charge on any atom is -0.480 e. The van der Waals surface area contributed by atoms with E-state index in [9.17, 15) is 9.59 Å². The lowest BCUT2D eigenvalue weighted by Crippen LogP contribution is -2.46. The third-order valence-corrected chi connectivity index (χ3v) is 2.75. The van der Waals surface area contributed by atoms with Gasteiger partial charge in [-0.3, -0.25) is 4.79 Å². The highest BCUT2D eigenvalue weighted by Crippen LogP contribution is 2.26. The van der Waals surface area contributed by atoms with Gasteiger partial charge in [-0.25, -0.2) is 4.79 Å². The summed E-state index contributed by atoms with van der Waals surface area (Å²) in [6, 6.07) is -0.687. The molecule has 0 radical (unpaired) electrons. The number of hydrogen-bond acceptors (Lipinski definition) is 2. The average Bonchev–Trinajstić information content (AvgIpc) is 2.15. The summed E-state index contributed by atoms with van der Waals surface area (Å²) < 4.78 is 0. The van der Waals surface area contributed by atoms with Gasteiger partial charge in [0.15, 0.2) is 5.81 Å². The topological polar surface area (TPSA) is 66.4 Å². The largest absolute Gasteiger partial charge is 0.480 e. The molecule has 1 fully saturated rings. The van der Waals surface area contributed by atoms with Crippen LogP contribution >= 0.6 is 0 Å². The molecule has 0 aliphatic heterocycles. The maximum Gasteiger partial charge on any atom is 0.326 e. The van der Waals surface area contributed by atoms with Gasteiger partial charge in [0.25, 0.3) is 0 Å². The van der Waals surface area contributed by atoms with Crippen LogP contribution in [-0.4, -0.2) is 30.8 Å². The van der Waals surface area contributed by atoms with Crippen molar-refractivity contribution in [2.45, 2.75) is 38.1 Å². The third-order valence-electron chi connectivity index (χ3n) is 2.75. The van der Waals surface area contributed by atoms with Crippen molar-refractivity contribution in [1.29, 1.82) is 0 Å². The van der Waals surface area contributed by atoms with Gasteiger partial charge in [-0.05, 0) is 18.8 Å². The first-order valence-corrected chi connectivity index (χ1v) is 5.11. The highest BCUT2D eigenvalue weighted by Gasteiger charge is 2.29. The lowest BCUT2D eigenvalue weighted by Gasteiger charge is -2.27. The van der Waals surface area contributed by atoms with E-state index in [0.717, 1.165) is 25.7 Å². The van der Waals surface area contributed by atoms with Crippen LogP contribution in [0.1, 0.15) is 32.1 Å². The lowest BCUT2D eigenvalue weighted by atomic mass is 9.83. The summed E-state index contributed by atoms with van der Waals surface area (Å²) in [5.41, 5.74) is 0. The molecule has 0 bridgehead atoms. The van der Waals surface area contributed by atoms with Gasteiger partial charge in [0, 0.05) is 0 Å². The Balaban J connectivity index is 2.56. The molecule has 0 aromatic heterocycles.